The number of rotatable bonds is 6. The largest absolute Gasteiger partial charge is 0.493 e. The summed E-state index contributed by atoms with van der Waals surface area (Å²) in [5.74, 6) is 1.28. The van der Waals surface area contributed by atoms with Gasteiger partial charge < -0.3 is 19.8 Å². The topological polar surface area (TPSA) is 93.3 Å². The molecule has 0 aliphatic rings. The molecule has 0 aliphatic carbocycles. The molecular formula is C23H27N3O4. The zero-order valence-corrected chi connectivity index (χ0v) is 18.0. The third-order valence-corrected chi connectivity index (χ3v) is 4.30. The molecule has 1 aromatic heterocycles. The summed E-state index contributed by atoms with van der Waals surface area (Å²) >= 11 is 0. The second-order valence-electron chi connectivity index (χ2n) is 8.07. The molecule has 7 nitrogen and oxygen atoms in total. The van der Waals surface area contributed by atoms with Gasteiger partial charge in [0, 0.05) is 11.1 Å². The number of fused-ring (bicyclic) bond motifs is 1. The summed E-state index contributed by atoms with van der Waals surface area (Å²) in [6.45, 7) is 9.86. The molecule has 0 bridgehead atoms. The van der Waals surface area contributed by atoms with E-state index < -0.39 is 0 Å². The standard InChI is InChI=1S/C23H27N3O4/c1-6-29-20-14(2)10-11-17-19(20)22(28)25-21(24-17)15-8-7-9-16(12-15)30-13-18(27)26-23(3,4)5/h7-12H,6,13H2,1-5H3,(H,26,27)(H,24,25,28). The van der Waals surface area contributed by atoms with E-state index in [0.29, 0.717) is 40.4 Å². The summed E-state index contributed by atoms with van der Waals surface area (Å²) in [7, 11) is 0. The molecule has 3 rings (SSSR count). The predicted molar refractivity (Wildman–Crippen MR) is 117 cm³/mol. The fourth-order valence-electron chi connectivity index (χ4n) is 3.11. The maximum atomic E-state index is 12.8. The molecule has 30 heavy (non-hydrogen) atoms. The minimum absolute atomic E-state index is 0.0978. The molecule has 0 unspecified atom stereocenters. The van der Waals surface area contributed by atoms with Gasteiger partial charge in [-0.25, -0.2) is 4.98 Å². The van der Waals surface area contributed by atoms with Gasteiger partial charge in [-0.15, -0.1) is 0 Å². The highest BCUT2D eigenvalue weighted by Crippen LogP contribution is 2.28. The van der Waals surface area contributed by atoms with Gasteiger partial charge in [-0.05, 0) is 58.4 Å². The number of hydrogen-bond donors (Lipinski definition) is 2. The molecule has 3 aromatic rings. The molecule has 0 saturated heterocycles. The average molecular weight is 409 g/mol. The summed E-state index contributed by atoms with van der Waals surface area (Å²) in [6.07, 6.45) is 0. The molecule has 158 valence electrons. The molecular weight excluding hydrogens is 382 g/mol. The number of amides is 1. The first-order valence-corrected chi connectivity index (χ1v) is 9.88. The van der Waals surface area contributed by atoms with Crippen molar-refractivity contribution < 1.29 is 14.3 Å². The number of hydrogen-bond acceptors (Lipinski definition) is 5. The molecule has 0 saturated carbocycles. The number of aromatic amines is 1. The third kappa shape index (κ3) is 4.97. The number of ether oxygens (including phenoxy) is 2. The second-order valence-corrected chi connectivity index (χ2v) is 8.07. The monoisotopic (exact) mass is 409 g/mol. The molecule has 2 N–H and O–H groups in total. The highest BCUT2D eigenvalue weighted by Gasteiger charge is 2.15. The van der Waals surface area contributed by atoms with Gasteiger partial charge in [-0.1, -0.05) is 18.2 Å². The lowest BCUT2D eigenvalue weighted by molar-refractivity contribution is -0.124. The minimum atomic E-state index is -0.324. The molecule has 7 heteroatoms. The van der Waals surface area contributed by atoms with Crippen LogP contribution in [0.5, 0.6) is 11.5 Å². The van der Waals surface area contributed by atoms with E-state index >= 15 is 0 Å². The summed E-state index contributed by atoms with van der Waals surface area (Å²) in [6, 6.07) is 10.8. The fourth-order valence-corrected chi connectivity index (χ4v) is 3.11. The van der Waals surface area contributed by atoms with E-state index in [-0.39, 0.29) is 23.6 Å². The molecule has 2 aromatic carbocycles. The van der Waals surface area contributed by atoms with Crippen LogP contribution in [0.1, 0.15) is 33.3 Å². The van der Waals surface area contributed by atoms with Gasteiger partial charge in [0.2, 0.25) is 0 Å². The van der Waals surface area contributed by atoms with Crippen LogP contribution < -0.4 is 20.3 Å². The van der Waals surface area contributed by atoms with Crippen molar-refractivity contribution in [1.29, 1.82) is 0 Å². The van der Waals surface area contributed by atoms with Crippen molar-refractivity contribution in [3.8, 4) is 22.9 Å². The first kappa shape index (κ1) is 21.4. The van der Waals surface area contributed by atoms with Gasteiger partial charge in [0.25, 0.3) is 11.5 Å². The molecule has 1 heterocycles. The van der Waals surface area contributed by atoms with Crippen molar-refractivity contribution >= 4 is 16.8 Å². The van der Waals surface area contributed by atoms with Gasteiger partial charge in [-0.3, -0.25) is 9.59 Å². The highest BCUT2D eigenvalue weighted by molar-refractivity contribution is 5.87. The normalized spacial score (nSPS) is 11.4. The zero-order valence-electron chi connectivity index (χ0n) is 18.0. The van der Waals surface area contributed by atoms with Gasteiger partial charge in [0.1, 0.15) is 22.7 Å². The number of carbonyl (C=O) groups excluding carboxylic acids is 1. The van der Waals surface area contributed by atoms with Crippen molar-refractivity contribution in [2.75, 3.05) is 13.2 Å². The number of carbonyl (C=O) groups is 1. The van der Waals surface area contributed by atoms with E-state index in [2.05, 4.69) is 15.3 Å². The number of nitrogens with one attached hydrogen (secondary N) is 2. The van der Waals surface area contributed by atoms with Crippen LogP contribution in [-0.4, -0.2) is 34.6 Å². The lowest BCUT2D eigenvalue weighted by atomic mass is 10.1. The molecule has 0 fully saturated rings. The zero-order chi connectivity index (χ0) is 21.9. The summed E-state index contributed by atoms with van der Waals surface area (Å²) in [5, 5.41) is 3.28. The van der Waals surface area contributed by atoms with Crippen molar-refractivity contribution in [2.24, 2.45) is 0 Å². The average Bonchev–Trinajstić information content (AvgIpc) is 2.67. The first-order chi connectivity index (χ1) is 14.2. The molecule has 0 spiro atoms. The van der Waals surface area contributed by atoms with Crippen LogP contribution in [0.25, 0.3) is 22.3 Å². The van der Waals surface area contributed by atoms with E-state index in [9.17, 15) is 9.59 Å². The fraction of sp³-hybridized carbons (Fsp3) is 0.348. The van der Waals surface area contributed by atoms with Crippen LogP contribution in [0.4, 0.5) is 0 Å². The van der Waals surface area contributed by atoms with E-state index in [4.69, 9.17) is 9.47 Å². The lowest BCUT2D eigenvalue weighted by Gasteiger charge is -2.20. The Morgan fingerprint density at radius 1 is 1.17 bits per heavy atom. The Labute approximate surface area is 175 Å². The summed E-state index contributed by atoms with van der Waals surface area (Å²) in [4.78, 5) is 32.2. The second kappa shape index (κ2) is 8.57. The van der Waals surface area contributed by atoms with E-state index in [1.54, 1.807) is 18.2 Å². The van der Waals surface area contributed by atoms with Crippen molar-refractivity contribution in [1.82, 2.24) is 15.3 Å². The van der Waals surface area contributed by atoms with Gasteiger partial charge in [0.05, 0.1) is 12.1 Å². The minimum Gasteiger partial charge on any atom is -0.493 e. The van der Waals surface area contributed by atoms with Crippen LogP contribution in [0.15, 0.2) is 41.2 Å². The maximum Gasteiger partial charge on any atom is 0.262 e. The lowest BCUT2D eigenvalue weighted by Crippen LogP contribution is -2.43. The van der Waals surface area contributed by atoms with Crippen LogP contribution in [-0.2, 0) is 4.79 Å². The van der Waals surface area contributed by atoms with Gasteiger partial charge >= 0.3 is 0 Å². The number of aryl methyl sites for hydroxylation is 1. The third-order valence-electron chi connectivity index (χ3n) is 4.30. The molecule has 0 atom stereocenters. The van der Waals surface area contributed by atoms with Crippen molar-refractivity contribution in [3.63, 3.8) is 0 Å². The smallest absolute Gasteiger partial charge is 0.262 e. The quantitative estimate of drug-likeness (QED) is 0.649. The SMILES string of the molecule is CCOc1c(C)ccc2nc(-c3cccc(OCC(=O)NC(C)(C)C)c3)[nH]c(=O)c12. The first-order valence-electron chi connectivity index (χ1n) is 9.88. The summed E-state index contributed by atoms with van der Waals surface area (Å²) < 4.78 is 11.3. The Kier molecular flexibility index (Phi) is 6.10. The van der Waals surface area contributed by atoms with Gasteiger partial charge in [0.15, 0.2) is 6.61 Å². The number of nitrogens with zero attached hydrogens (tertiary/aromatic N) is 1. The summed E-state index contributed by atoms with van der Waals surface area (Å²) in [5.41, 5.74) is 1.53. The van der Waals surface area contributed by atoms with Crippen molar-refractivity contribution in [2.45, 2.75) is 40.2 Å². The van der Waals surface area contributed by atoms with Crippen molar-refractivity contribution in [3.05, 3.63) is 52.3 Å². The van der Waals surface area contributed by atoms with E-state index in [1.165, 1.54) is 0 Å². The Balaban J connectivity index is 1.89. The molecule has 1 amide bonds. The maximum absolute atomic E-state index is 12.8. The van der Waals surface area contributed by atoms with Gasteiger partial charge in [-0.2, -0.15) is 0 Å². The van der Waals surface area contributed by atoms with E-state index in [0.717, 1.165) is 5.56 Å². The molecule has 0 aliphatic heterocycles. The Hall–Kier alpha value is -3.35. The van der Waals surface area contributed by atoms with Crippen LogP contribution >= 0.6 is 0 Å². The Bertz CT molecular complexity index is 1130. The van der Waals surface area contributed by atoms with Crippen LogP contribution in [0, 0.1) is 6.92 Å². The highest BCUT2D eigenvalue weighted by atomic mass is 16.5. The Morgan fingerprint density at radius 3 is 2.63 bits per heavy atom. The van der Waals surface area contributed by atoms with Crippen LogP contribution in [0.3, 0.4) is 0 Å². The Morgan fingerprint density at radius 2 is 1.93 bits per heavy atom. The number of aromatic nitrogens is 2. The number of H-pyrrole nitrogens is 1. The number of benzene rings is 2. The predicted octanol–water partition coefficient (Wildman–Crippen LogP) is 3.59. The molecule has 0 radical (unpaired) electrons. The van der Waals surface area contributed by atoms with E-state index in [1.807, 2.05) is 52.8 Å². The van der Waals surface area contributed by atoms with Crippen LogP contribution in [0.2, 0.25) is 0 Å².